The standard InChI is InChI=1S/C22H21IN4O2/c23-19-6-5-16(13-18(19)20-3-1-2-10-24-20)26-22(29)15-4-7-21(25-14-15)27-11-8-17(28)9-12-27/h1-7,10,13-14,17,28H,8-9,11-12H2,(H,26,29). The van der Waals surface area contributed by atoms with E-state index in [9.17, 15) is 9.90 Å². The Hall–Kier alpha value is -2.52. The monoisotopic (exact) mass is 500 g/mol. The normalized spacial score (nSPS) is 14.6. The molecule has 1 aliphatic heterocycles. The van der Waals surface area contributed by atoms with Crippen molar-refractivity contribution in [1.82, 2.24) is 9.97 Å². The third kappa shape index (κ3) is 4.73. The summed E-state index contributed by atoms with van der Waals surface area (Å²) in [5.41, 5.74) is 3.06. The first-order chi connectivity index (χ1) is 14.1. The average Bonchev–Trinajstić information content (AvgIpc) is 2.76. The quantitative estimate of drug-likeness (QED) is 0.531. The van der Waals surface area contributed by atoms with E-state index in [0.29, 0.717) is 11.3 Å². The van der Waals surface area contributed by atoms with Crippen molar-refractivity contribution in [3.05, 3.63) is 70.1 Å². The number of halogens is 1. The number of hydrogen-bond acceptors (Lipinski definition) is 5. The van der Waals surface area contributed by atoms with Crippen LogP contribution in [0.2, 0.25) is 0 Å². The summed E-state index contributed by atoms with van der Waals surface area (Å²) in [6.07, 6.45) is 4.63. The summed E-state index contributed by atoms with van der Waals surface area (Å²) in [5, 5.41) is 12.6. The first-order valence-corrected chi connectivity index (χ1v) is 10.6. The Balaban J connectivity index is 1.47. The Labute approximate surface area is 183 Å². The summed E-state index contributed by atoms with van der Waals surface area (Å²) in [5.74, 6) is 0.631. The van der Waals surface area contributed by atoms with Crippen LogP contribution in [0.25, 0.3) is 11.3 Å². The highest BCUT2D eigenvalue weighted by molar-refractivity contribution is 14.1. The van der Waals surface area contributed by atoms with Crippen molar-refractivity contribution >= 4 is 40.0 Å². The number of aromatic nitrogens is 2. The van der Waals surface area contributed by atoms with Crippen molar-refractivity contribution in [2.75, 3.05) is 23.3 Å². The van der Waals surface area contributed by atoms with Crippen LogP contribution in [0.3, 0.4) is 0 Å². The van der Waals surface area contributed by atoms with Crippen molar-refractivity contribution in [3.63, 3.8) is 0 Å². The lowest BCUT2D eigenvalue weighted by Crippen LogP contribution is -2.36. The molecule has 1 saturated heterocycles. The Morgan fingerprint density at radius 1 is 1.10 bits per heavy atom. The topological polar surface area (TPSA) is 78.4 Å². The molecule has 29 heavy (non-hydrogen) atoms. The molecule has 0 saturated carbocycles. The van der Waals surface area contributed by atoms with Gasteiger partial charge in [-0.1, -0.05) is 6.07 Å². The number of pyridine rings is 2. The SMILES string of the molecule is O=C(Nc1ccc(I)c(-c2ccccn2)c1)c1ccc(N2CCC(O)CC2)nc1. The van der Waals surface area contributed by atoms with Gasteiger partial charge in [0.05, 0.1) is 17.4 Å². The third-order valence-corrected chi connectivity index (χ3v) is 5.90. The van der Waals surface area contributed by atoms with Gasteiger partial charge in [0.2, 0.25) is 0 Å². The lowest BCUT2D eigenvalue weighted by atomic mass is 10.1. The first-order valence-electron chi connectivity index (χ1n) is 9.51. The number of carbonyl (C=O) groups is 1. The molecule has 0 atom stereocenters. The highest BCUT2D eigenvalue weighted by Crippen LogP contribution is 2.27. The molecule has 2 N–H and O–H groups in total. The fraction of sp³-hybridized carbons (Fsp3) is 0.227. The second-order valence-corrected chi connectivity index (χ2v) is 8.15. The van der Waals surface area contributed by atoms with Gasteiger partial charge in [-0.2, -0.15) is 0 Å². The van der Waals surface area contributed by atoms with E-state index in [2.05, 4.69) is 42.8 Å². The molecule has 6 nitrogen and oxygen atoms in total. The number of aliphatic hydroxyl groups excluding tert-OH is 1. The predicted molar refractivity (Wildman–Crippen MR) is 122 cm³/mol. The smallest absolute Gasteiger partial charge is 0.257 e. The minimum absolute atomic E-state index is 0.203. The maximum absolute atomic E-state index is 12.7. The van der Waals surface area contributed by atoms with Crippen LogP contribution in [0, 0.1) is 3.57 Å². The summed E-state index contributed by atoms with van der Waals surface area (Å²) in [4.78, 5) is 23.6. The number of piperidine rings is 1. The summed E-state index contributed by atoms with van der Waals surface area (Å²) >= 11 is 2.27. The Morgan fingerprint density at radius 3 is 2.62 bits per heavy atom. The fourth-order valence-electron chi connectivity index (χ4n) is 3.33. The van der Waals surface area contributed by atoms with E-state index in [0.717, 1.165) is 46.6 Å². The molecule has 0 spiro atoms. The molecule has 0 unspecified atom stereocenters. The Kier molecular flexibility index (Phi) is 6.05. The Morgan fingerprint density at radius 2 is 1.93 bits per heavy atom. The second kappa shape index (κ2) is 8.87. The number of hydrogen-bond donors (Lipinski definition) is 2. The maximum Gasteiger partial charge on any atom is 0.257 e. The second-order valence-electron chi connectivity index (χ2n) is 6.99. The maximum atomic E-state index is 12.7. The van der Waals surface area contributed by atoms with Gasteiger partial charge >= 0.3 is 0 Å². The van der Waals surface area contributed by atoms with Crippen LogP contribution in [0.1, 0.15) is 23.2 Å². The van der Waals surface area contributed by atoms with Crippen molar-refractivity contribution in [2.24, 2.45) is 0 Å². The molecule has 0 radical (unpaired) electrons. The summed E-state index contributed by atoms with van der Waals surface area (Å²) in [6, 6.07) is 15.2. The van der Waals surface area contributed by atoms with Crippen molar-refractivity contribution in [1.29, 1.82) is 0 Å². The number of anilines is 2. The van der Waals surface area contributed by atoms with E-state index in [1.807, 2.05) is 42.5 Å². The van der Waals surface area contributed by atoms with Gasteiger partial charge in [-0.3, -0.25) is 9.78 Å². The van der Waals surface area contributed by atoms with E-state index in [4.69, 9.17) is 0 Å². The number of amides is 1. The van der Waals surface area contributed by atoms with Crippen LogP contribution >= 0.6 is 22.6 Å². The number of nitrogens with one attached hydrogen (secondary N) is 1. The van der Waals surface area contributed by atoms with E-state index in [1.54, 1.807) is 18.5 Å². The summed E-state index contributed by atoms with van der Waals surface area (Å²) in [6.45, 7) is 1.55. The van der Waals surface area contributed by atoms with Gasteiger partial charge in [0, 0.05) is 40.3 Å². The van der Waals surface area contributed by atoms with Crippen molar-refractivity contribution in [2.45, 2.75) is 18.9 Å². The number of carbonyl (C=O) groups excluding carboxylic acids is 1. The molecule has 4 rings (SSSR count). The van der Waals surface area contributed by atoms with E-state index in [-0.39, 0.29) is 12.0 Å². The zero-order valence-corrected chi connectivity index (χ0v) is 17.9. The van der Waals surface area contributed by atoms with Gasteiger partial charge in [-0.15, -0.1) is 0 Å². The minimum atomic E-state index is -0.221. The highest BCUT2D eigenvalue weighted by Gasteiger charge is 2.18. The molecule has 0 bridgehead atoms. The summed E-state index contributed by atoms with van der Waals surface area (Å²) < 4.78 is 1.07. The largest absolute Gasteiger partial charge is 0.393 e. The van der Waals surface area contributed by atoms with Crippen LogP contribution < -0.4 is 10.2 Å². The number of nitrogens with zero attached hydrogens (tertiary/aromatic N) is 3. The van der Waals surface area contributed by atoms with Gasteiger partial charge in [-0.05, 0) is 77.9 Å². The number of rotatable bonds is 4. The lowest BCUT2D eigenvalue weighted by molar-refractivity contribution is 0.102. The zero-order chi connectivity index (χ0) is 20.2. The number of benzene rings is 1. The van der Waals surface area contributed by atoms with E-state index in [1.165, 1.54) is 0 Å². The third-order valence-electron chi connectivity index (χ3n) is 4.96. The molecule has 3 heterocycles. The van der Waals surface area contributed by atoms with Gasteiger partial charge < -0.3 is 15.3 Å². The van der Waals surface area contributed by atoms with Crippen LogP contribution in [0.15, 0.2) is 60.9 Å². The van der Waals surface area contributed by atoms with E-state index < -0.39 is 0 Å². The molecule has 3 aromatic rings. The van der Waals surface area contributed by atoms with Crippen LogP contribution in [-0.4, -0.2) is 40.2 Å². The van der Waals surface area contributed by atoms with Gasteiger partial charge in [0.25, 0.3) is 5.91 Å². The molecular formula is C22H21IN4O2. The zero-order valence-electron chi connectivity index (χ0n) is 15.8. The first kappa shape index (κ1) is 19.8. The molecule has 1 aliphatic rings. The van der Waals surface area contributed by atoms with Crippen LogP contribution in [0.4, 0.5) is 11.5 Å². The average molecular weight is 500 g/mol. The predicted octanol–water partition coefficient (Wildman–Crippen LogP) is 3.96. The fourth-order valence-corrected chi connectivity index (χ4v) is 3.94. The highest BCUT2D eigenvalue weighted by atomic mass is 127. The number of aliphatic hydroxyl groups is 1. The van der Waals surface area contributed by atoms with Crippen LogP contribution in [0.5, 0.6) is 0 Å². The van der Waals surface area contributed by atoms with E-state index >= 15 is 0 Å². The molecular weight excluding hydrogens is 479 g/mol. The lowest BCUT2D eigenvalue weighted by Gasteiger charge is -2.30. The Bertz CT molecular complexity index is 987. The summed E-state index contributed by atoms with van der Waals surface area (Å²) in [7, 11) is 0. The molecule has 2 aromatic heterocycles. The molecule has 0 aliphatic carbocycles. The van der Waals surface area contributed by atoms with Gasteiger partial charge in [-0.25, -0.2) is 4.98 Å². The molecule has 1 amide bonds. The van der Waals surface area contributed by atoms with Crippen molar-refractivity contribution < 1.29 is 9.90 Å². The molecule has 7 heteroatoms. The molecule has 1 fully saturated rings. The van der Waals surface area contributed by atoms with Crippen molar-refractivity contribution in [3.8, 4) is 11.3 Å². The molecule has 148 valence electrons. The van der Waals surface area contributed by atoms with Gasteiger partial charge in [0.15, 0.2) is 0 Å². The minimum Gasteiger partial charge on any atom is -0.393 e. The van der Waals surface area contributed by atoms with Gasteiger partial charge in [0.1, 0.15) is 5.82 Å². The van der Waals surface area contributed by atoms with Crippen LogP contribution in [-0.2, 0) is 0 Å². The molecule has 1 aromatic carbocycles.